The second-order valence-corrected chi connectivity index (χ2v) is 3.96. The lowest BCUT2D eigenvalue weighted by molar-refractivity contribution is -0.138. The Morgan fingerprint density at radius 1 is 1.23 bits per heavy atom. The predicted octanol–water partition coefficient (Wildman–Crippen LogP) is 1.65. The lowest BCUT2D eigenvalue weighted by atomic mass is 10.1. The molecule has 74 valence electrons. The average Bonchev–Trinajstić information content (AvgIpc) is 2.85. The molecule has 0 aromatic rings. The molecule has 2 nitrogen and oxygen atoms in total. The first-order chi connectivity index (χ1) is 6.08. The van der Waals surface area contributed by atoms with E-state index in [-0.39, 0.29) is 37.8 Å². The van der Waals surface area contributed by atoms with Crippen LogP contribution < -0.4 is 0 Å². The van der Waals surface area contributed by atoms with Crippen LogP contribution in [-0.4, -0.2) is 29.8 Å². The topological polar surface area (TPSA) is 20.3 Å². The summed E-state index contributed by atoms with van der Waals surface area (Å²) >= 11 is 0. The fraction of sp³-hybridized carbons (Fsp3) is 0.889. The maximum atomic E-state index is 12.7. The molecule has 0 aromatic carbocycles. The maximum Gasteiger partial charge on any atom is 0.251 e. The number of rotatable bonds is 1. The van der Waals surface area contributed by atoms with Crippen LogP contribution in [0.25, 0.3) is 0 Å². The summed E-state index contributed by atoms with van der Waals surface area (Å²) < 4.78 is 25.4. The SMILES string of the molecule is O=C(C1CC1)N1CCC(F)(F)CC1. The number of hydrogen-bond donors (Lipinski definition) is 0. The average molecular weight is 189 g/mol. The molecule has 0 N–H and O–H groups in total. The lowest BCUT2D eigenvalue weighted by Crippen LogP contribution is -2.43. The molecule has 0 bridgehead atoms. The van der Waals surface area contributed by atoms with Gasteiger partial charge in [-0.2, -0.15) is 0 Å². The van der Waals surface area contributed by atoms with Crippen LogP contribution in [0, 0.1) is 5.92 Å². The van der Waals surface area contributed by atoms with Crippen molar-refractivity contribution in [3.63, 3.8) is 0 Å². The van der Waals surface area contributed by atoms with Gasteiger partial charge in [0.15, 0.2) is 0 Å². The molecule has 1 aliphatic carbocycles. The zero-order chi connectivity index (χ0) is 9.47. The minimum absolute atomic E-state index is 0.0931. The van der Waals surface area contributed by atoms with Gasteiger partial charge < -0.3 is 4.90 Å². The number of alkyl halides is 2. The van der Waals surface area contributed by atoms with E-state index < -0.39 is 5.92 Å². The summed E-state index contributed by atoms with van der Waals surface area (Å²) in [6, 6.07) is 0. The molecule has 1 amide bonds. The summed E-state index contributed by atoms with van der Waals surface area (Å²) in [5.41, 5.74) is 0. The number of halogens is 2. The van der Waals surface area contributed by atoms with E-state index in [4.69, 9.17) is 0 Å². The van der Waals surface area contributed by atoms with Crippen molar-refractivity contribution in [1.82, 2.24) is 4.90 Å². The first kappa shape index (κ1) is 8.91. The van der Waals surface area contributed by atoms with Gasteiger partial charge in [0.25, 0.3) is 5.92 Å². The molecule has 0 radical (unpaired) electrons. The Kier molecular flexibility index (Phi) is 2.00. The highest BCUT2D eigenvalue weighted by Gasteiger charge is 2.39. The van der Waals surface area contributed by atoms with Gasteiger partial charge in [0, 0.05) is 31.8 Å². The summed E-state index contributed by atoms with van der Waals surface area (Å²) in [6.45, 7) is 0.477. The maximum absolute atomic E-state index is 12.7. The van der Waals surface area contributed by atoms with Crippen LogP contribution in [0.5, 0.6) is 0 Å². The van der Waals surface area contributed by atoms with Gasteiger partial charge in [-0.25, -0.2) is 8.78 Å². The van der Waals surface area contributed by atoms with Gasteiger partial charge in [0.05, 0.1) is 0 Å². The van der Waals surface area contributed by atoms with Crippen molar-refractivity contribution >= 4 is 5.91 Å². The summed E-state index contributed by atoms with van der Waals surface area (Å²) in [7, 11) is 0. The van der Waals surface area contributed by atoms with Gasteiger partial charge in [-0.05, 0) is 12.8 Å². The summed E-state index contributed by atoms with van der Waals surface area (Å²) in [5, 5.41) is 0. The minimum atomic E-state index is -2.54. The van der Waals surface area contributed by atoms with Gasteiger partial charge >= 0.3 is 0 Å². The standard InChI is InChI=1S/C9H13F2NO/c10-9(11)3-5-12(6-4-9)8(13)7-1-2-7/h7H,1-6H2. The van der Waals surface area contributed by atoms with E-state index in [1.165, 1.54) is 0 Å². The number of amides is 1. The molecule has 0 unspecified atom stereocenters. The Balaban J connectivity index is 1.86. The van der Waals surface area contributed by atoms with Crippen LogP contribution in [0.15, 0.2) is 0 Å². The molecule has 1 aliphatic heterocycles. The minimum Gasteiger partial charge on any atom is -0.342 e. The van der Waals surface area contributed by atoms with Crippen LogP contribution in [0.2, 0.25) is 0 Å². The van der Waals surface area contributed by atoms with Crippen LogP contribution in [-0.2, 0) is 4.79 Å². The zero-order valence-electron chi connectivity index (χ0n) is 7.43. The molecule has 0 aromatic heterocycles. The number of carbonyl (C=O) groups excluding carboxylic acids is 1. The Morgan fingerprint density at radius 3 is 2.23 bits per heavy atom. The molecule has 0 atom stereocenters. The molecule has 0 spiro atoms. The third kappa shape index (κ3) is 1.98. The Hall–Kier alpha value is -0.670. The summed E-state index contributed by atoms with van der Waals surface area (Å²) in [6.07, 6.45) is 1.58. The highest BCUT2D eigenvalue weighted by atomic mass is 19.3. The highest BCUT2D eigenvalue weighted by molar-refractivity contribution is 5.81. The Labute approximate surface area is 75.9 Å². The molecule has 1 heterocycles. The smallest absolute Gasteiger partial charge is 0.251 e. The molecule has 4 heteroatoms. The molecule has 2 aliphatic rings. The van der Waals surface area contributed by atoms with E-state index in [2.05, 4.69) is 0 Å². The predicted molar refractivity (Wildman–Crippen MR) is 43.5 cm³/mol. The van der Waals surface area contributed by atoms with Gasteiger partial charge in [0.2, 0.25) is 5.91 Å². The molecule has 2 rings (SSSR count). The molecule has 1 saturated carbocycles. The number of likely N-dealkylation sites (tertiary alicyclic amines) is 1. The third-order valence-corrected chi connectivity index (χ3v) is 2.73. The quantitative estimate of drug-likeness (QED) is 0.614. The fourth-order valence-corrected chi connectivity index (χ4v) is 1.64. The molecule has 1 saturated heterocycles. The first-order valence-electron chi connectivity index (χ1n) is 4.75. The van der Waals surface area contributed by atoms with Gasteiger partial charge in [0.1, 0.15) is 0 Å². The number of nitrogens with zero attached hydrogens (tertiary/aromatic N) is 1. The van der Waals surface area contributed by atoms with E-state index in [0.29, 0.717) is 0 Å². The van der Waals surface area contributed by atoms with Crippen molar-refractivity contribution in [3.8, 4) is 0 Å². The van der Waals surface area contributed by atoms with Crippen LogP contribution in [0.3, 0.4) is 0 Å². The monoisotopic (exact) mass is 189 g/mol. The largest absolute Gasteiger partial charge is 0.342 e. The van der Waals surface area contributed by atoms with Gasteiger partial charge in [-0.1, -0.05) is 0 Å². The van der Waals surface area contributed by atoms with E-state index >= 15 is 0 Å². The second kappa shape index (κ2) is 2.93. The molecule has 2 fully saturated rings. The summed E-state index contributed by atoms with van der Waals surface area (Å²) in [4.78, 5) is 13.0. The molecule has 13 heavy (non-hydrogen) atoms. The van der Waals surface area contributed by atoms with Crippen molar-refractivity contribution in [3.05, 3.63) is 0 Å². The number of hydrogen-bond acceptors (Lipinski definition) is 1. The fourth-order valence-electron chi connectivity index (χ4n) is 1.64. The van der Waals surface area contributed by atoms with E-state index in [1.807, 2.05) is 0 Å². The van der Waals surface area contributed by atoms with Crippen molar-refractivity contribution in [2.75, 3.05) is 13.1 Å². The molecular weight excluding hydrogens is 176 g/mol. The number of carbonyl (C=O) groups is 1. The number of piperidine rings is 1. The van der Waals surface area contributed by atoms with Crippen molar-refractivity contribution in [2.45, 2.75) is 31.6 Å². The van der Waals surface area contributed by atoms with Crippen LogP contribution in [0.1, 0.15) is 25.7 Å². The van der Waals surface area contributed by atoms with E-state index in [0.717, 1.165) is 12.8 Å². The van der Waals surface area contributed by atoms with Gasteiger partial charge in [-0.3, -0.25) is 4.79 Å². The van der Waals surface area contributed by atoms with Crippen molar-refractivity contribution in [1.29, 1.82) is 0 Å². The normalized spacial score (nSPS) is 27.4. The molecular formula is C9H13F2NO. The lowest BCUT2D eigenvalue weighted by Gasteiger charge is -2.31. The summed E-state index contributed by atoms with van der Waals surface area (Å²) in [5.74, 6) is -2.29. The Bertz CT molecular complexity index is 216. The second-order valence-electron chi connectivity index (χ2n) is 3.96. The van der Waals surface area contributed by atoms with Crippen molar-refractivity contribution < 1.29 is 13.6 Å². The van der Waals surface area contributed by atoms with Crippen LogP contribution >= 0.6 is 0 Å². The van der Waals surface area contributed by atoms with E-state index in [9.17, 15) is 13.6 Å². The Morgan fingerprint density at radius 2 is 1.77 bits per heavy atom. The van der Waals surface area contributed by atoms with E-state index in [1.54, 1.807) is 4.90 Å². The third-order valence-electron chi connectivity index (χ3n) is 2.73. The highest BCUT2D eigenvalue weighted by Crippen LogP contribution is 2.34. The zero-order valence-corrected chi connectivity index (χ0v) is 7.43. The van der Waals surface area contributed by atoms with Gasteiger partial charge in [-0.15, -0.1) is 0 Å². The first-order valence-corrected chi connectivity index (χ1v) is 4.75. The van der Waals surface area contributed by atoms with Crippen molar-refractivity contribution in [2.24, 2.45) is 5.92 Å². The van der Waals surface area contributed by atoms with Crippen LogP contribution in [0.4, 0.5) is 8.78 Å².